The molecule has 13 heteroatoms. The van der Waals surface area contributed by atoms with Crippen LogP contribution < -0.4 is 10.0 Å². The number of carbonyl (C=O) groups is 1. The topological polar surface area (TPSA) is 158 Å². The molecule has 5 heterocycles. The van der Waals surface area contributed by atoms with E-state index in [0.717, 1.165) is 47.5 Å². The van der Waals surface area contributed by atoms with Crippen molar-refractivity contribution >= 4 is 43.7 Å². The zero-order valence-electron chi connectivity index (χ0n) is 23.6. The molecule has 0 aliphatic heterocycles. The van der Waals surface area contributed by atoms with Crippen molar-refractivity contribution in [2.45, 2.75) is 25.8 Å². The summed E-state index contributed by atoms with van der Waals surface area (Å²) in [6.45, 7) is -0.0330. The van der Waals surface area contributed by atoms with E-state index in [2.05, 4.69) is 35.2 Å². The number of halogens is 1. The molecule has 1 aliphatic rings. The minimum Gasteiger partial charge on any atom is -0.338 e. The Bertz CT molecular complexity index is 2170. The van der Waals surface area contributed by atoms with E-state index >= 15 is 0 Å². The fourth-order valence-corrected chi connectivity index (χ4v) is 5.77. The Morgan fingerprint density at radius 2 is 1.93 bits per heavy atom. The Kier molecular flexibility index (Phi) is 6.90. The van der Waals surface area contributed by atoms with Crippen molar-refractivity contribution in [3.05, 3.63) is 78.5 Å². The lowest BCUT2D eigenvalue weighted by Crippen LogP contribution is -2.28. The molecule has 0 radical (unpaired) electrons. The number of carbonyl (C=O) groups excluding carboxylic acids is 1. The van der Waals surface area contributed by atoms with Gasteiger partial charge >= 0.3 is 0 Å². The highest BCUT2D eigenvalue weighted by Crippen LogP contribution is 2.34. The smallest absolute Gasteiger partial charge is 0.227 e. The third-order valence-electron chi connectivity index (χ3n) is 7.78. The number of H-pyrrole nitrogens is 2. The molecule has 1 saturated carbocycles. The zero-order valence-corrected chi connectivity index (χ0v) is 24.4. The average Bonchev–Trinajstić information content (AvgIpc) is 3.58. The van der Waals surface area contributed by atoms with Crippen LogP contribution in [0.4, 0.5) is 10.1 Å². The van der Waals surface area contributed by atoms with Crippen LogP contribution in [0.3, 0.4) is 0 Å². The van der Waals surface area contributed by atoms with Gasteiger partial charge in [-0.05, 0) is 78.1 Å². The van der Waals surface area contributed by atoms with Crippen molar-refractivity contribution in [1.82, 2.24) is 34.9 Å². The van der Waals surface area contributed by atoms with Gasteiger partial charge in [-0.3, -0.25) is 14.9 Å². The highest BCUT2D eigenvalue weighted by molar-refractivity contribution is 7.88. The van der Waals surface area contributed by atoms with E-state index in [1.165, 1.54) is 12.1 Å². The minimum atomic E-state index is -3.44. The summed E-state index contributed by atoms with van der Waals surface area (Å²) in [4.78, 5) is 29.4. The van der Waals surface area contributed by atoms with Crippen LogP contribution in [0.25, 0.3) is 55.8 Å². The maximum absolute atomic E-state index is 14.6. The number of sulfonamides is 1. The van der Waals surface area contributed by atoms with Crippen LogP contribution in [0.2, 0.25) is 0 Å². The number of benzene rings is 1. The van der Waals surface area contributed by atoms with Gasteiger partial charge in [-0.15, -0.1) is 0 Å². The number of nitrogens with one attached hydrogen (secondary N) is 4. The molecule has 1 fully saturated rings. The molecule has 0 atom stereocenters. The SMILES string of the molecule is CS(=O)(=O)NCc1cc(F)cc(-c2ccnc3[nH]c(-c4n[nH]c5ccc(-c6cncc(NC(=O)C7CCC7)c6)nc45)cc23)c1. The fraction of sp³-hybridized carbons (Fsp3) is 0.194. The van der Waals surface area contributed by atoms with E-state index in [9.17, 15) is 17.6 Å². The summed E-state index contributed by atoms with van der Waals surface area (Å²) in [6, 6.07) is 13.7. The van der Waals surface area contributed by atoms with E-state index in [1.54, 1.807) is 30.7 Å². The summed E-state index contributed by atoms with van der Waals surface area (Å²) in [6.07, 6.45) is 8.92. The second-order valence-electron chi connectivity index (χ2n) is 11.0. The van der Waals surface area contributed by atoms with E-state index < -0.39 is 15.8 Å². The molecular formula is C31H27FN8O3S. The maximum Gasteiger partial charge on any atom is 0.227 e. The van der Waals surface area contributed by atoms with Gasteiger partial charge in [0.05, 0.1) is 35.0 Å². The first-order valence-electron chi connectivity index (χ1n) is 14.0. The van der Waals surface area contributed by atoms with Gasteiger partial charge in [0, 0.05) is 35.8 Å². The highest BCUT2D eigenvalue weighted by atomic mass is 32.2. The summed E-state index contributed by atoms with van der Waals surface area (Å²) in [5, 5.41) is 11.3. The molecular weight excluding hydrogens is 583 g/mol. The first-order valence-corrected chi connectivity index (χ1v) is 15.9. The lowest BCUT2D eigenvalue weighted by Gasteiger charge is -2.24. The Morgan fingerprint density at radius 3 is 2.73 bits per heavy atom. The van der Waals surface area contributed by atoms with E-state index in [4.69, 9.17) is 4.98 Å². The molecule has 1 aliphatic carbocycles. The van der Waals surface area contributed by atoms with Crippen molar-refractivity contribution in [2.75, 3.05) is 11.6 Å². The number of amides is 1. The molecule has 1 aromatic carbocycles. The van der Waals surface area contributed by atoms with E-state index in [0.29, 0.717) is 45.1 Å². The van der Waals surface area contributed by atoms with Gasteiger partial charge in [0.1, 0.15) is 22.7 Å². The molecule has 11 nitrogen and oxygen atoms in total. The maximum atomic E-state index is 14.6. The second kappa shape index (κ2) is 10.9. The van der Waals surface area contributed by atoms with Crippen molar-refractivity contribution in [1.29, 1.82) is 0 Å². The molecule has 222 valence electrons. The molecule has 4 N–H and O–H groups in total. The molecule has 44 heavy (non-hydrogen) atoms. The Hall–Kier alpha value is -5.01. The third kappa shape index (κ3) is 5.54. The van der Waals surface area contributed by atoms with Crippen LogP contribution >= 0.6 is 0 Å². The molecule has 1 amide bonds. The first-order chi connectivity index (χ1) is 21.2. The Balaban J connectivity index is 1.23. The van der Waals surface area contributed by atoms with Crippen LogP contribution in [-0.4, -0.2) is 50.7 Å². The quantitative estimate of drug-likeness (QED) is 0.185. The van der Waals surface area contributed by atoms with Gasteiger partial charge in [-0.2, -0.15) is 5.10 Å². The van der Waals surface area contributed by atoms with Crippen molar-refractivity contribution in [2.24, 2.45) is 5.92 Å². The largest absolute Gasteiger partial charge is 0.338 e. The summed E-state index contributed by atoms with van der Waals surface area (Å²) in [5.41, 5.74) is 6.98. The van der Waals surface area contributed by atoms with Gasteiger partial charge < -0.3 is 10.3 Å². The first kappa shape index (κ1) is 27.8. The highest BCUT2D eigenvalue weighted by Gasteiger charge is 2.25. The molecule has 0 saturated heterocycles. The number of hydrogen-bond acceptors (Lipinski definition) is 7. The lowest BCUT2D eigenvalue weighted by molar-refractivity contribution is -0.122. The van der Waals surface area contributed by atoms with Gasteiger partial charge in [-0.25, -0.2) is 27.5 Å². The number of nitrogens with zero attached hydrogens (tertiary/aromatic N) is 4. The van der Waals surface area contributed by atoms with E-state index in [-0.39, 0.29) is 18.4 Å². The molecule has 0 spiro atoms. The number of aromatic amines is 2. The third-order valence-corrected chi connectivity index (χ3v) is 8.45. The van der Waals surface area contributed by atoms with Crippen LogP contribution in [0.15, 0.2) is 67.1 Å². The van der Waals surface area contributed by atoms with Crippen LogP contribution in [0.1, 0.15) is 24.8 Å². The number of aromatic nitrogens is 6. The predicted molar refractivity (Wildman–Crippen MR) is 165 cm³/mol. The summed E-state index contributed by atoms with van der Waals surface area (Å²) in [5.74, 6) is -0.403. The zero-order chi connectivity index (χ0) is 30.4. The van der Waals surface area contributed by atoms with Crippen LogP contribution in [-0.2, 0) is 21.4 Å². The predicted octanol–water partition coefficient (Wildman–Crippen LogP) is 5.16. The van der Waals surface area contributed by atoms with Gasteiger partial charge in [0.15, 0.2) is 0 Å². The minimum absolute atomic E-state index is 0.0163. The summed E-state index contributed by atoms with van der Waals surface area (Å²) < 4.78 is 40.1. The Labute approximate surface area is 251 Å². The van der Waals surface area contributed by atoms with Crippen LogP contribution in [0.5, 0.6) is 0 Å². The monoisotopic (exact) mass is 610 g/mol. The van der Waals surface area contributed by atoms with Gasteiger partial charge in [0.2, 0.25) is 15.9 Å². The van der Waals surface area contributed by atoms with Gasteiger partial charge in [-0.1, -0.05) is 6.42 Å². The number of anilines is 1. The fourth-order valence-electron chi connectivity index (χ4n) is 5.34. The summed E-state index contributed by atoms with van der Waals surface area (Å²) in [7, 11) is -3.44. The van der Waals surface area contributed by atoms with E-state index in [1.807, 2.05) is 24.3 Å². The lowest BCUT2D eigenvalue weighted by atomic mass is 9.85. The van der Waals surface area contributed by atoms with Crippen LogP contribution in [0, 0.1) is 11.7 Å². The normalized spacial score (nSPS) is 13.8. The molecule has 7 rings (SSSR count). The van der Waals surface area contributed by atoms with Crippen molar-refractivity contribution < 1.29 is 17.6 Å². The number of rotatable bonds is 8. The second-order valence-corrected chi connectivity index (χ2v) is 12.8. The summed E-state index contributed by atoms with van der Waals surface area (Å²) >= 11 is 0. The average molecular weight is 611 g/mol. The number of fused-ring (bicyclic) bond motifs is 2. The molecule has 0 bridgehead atoms. The molecule has 6 aromatic rings. The van der Waals surface area contributed by atoms with Crippen molar-refractivity contribution in [3.8, 4) is 33.8 Å². The van der Waals surface area contributed by atoms with Crippen molar-refractivity contribution in [3.63, 3.8) is 0 Å². The number of pyridine rings is 3. The Morgan fingerprint density at radius 1 is 1.07 bits per heavy atom. The molecule has 0 unspecified atom stereocenters. The standard InChI is InChI=1S/C31H27FN8O3S/c1-44(42,43)35-14-17-9-19(11-21(32)10-17)23-7-8-34-30-24(23)13-27(38-30)29-28-26(39-40-29)6-5-25(37-28)20-12-22(16-33-15-20)36-31(41)18-3-2-4-18/h5-13,15-16,18,35H,2-4,14H2,1H3,(H,34,38)(H,36,41)(H,39,40). The van der Waals surface area contributed by atoms with Gasteiger partial charge in [0.25, 0.3) is 0 Å². The molecule has 5 aromatic heterocycles. The number of hydrogen-bond donors (Lipinski definition) is 4.